The molecule has 2 atom stereocenters. The Morgan fingerprint density at radius 2 is 2.23 bits per heavy atom. The highest BCUT2D eigenvalue weighted by atomic mass is 16.3. The first kappa shape index (κ1) is 10.2. The minimum atomic E-state index is -0.175. The summed E-state index contributed by atoms with van der Waals surface area (Å²) in [4.78, 5) is 4.21. The standard InChI is InChI=1S/C10H16N2O/c1-7-3-4-9(12-5-7)10(11)8(2)6-13/h3-5,8,10,13H,6,11H2,1-2H3/t8-,10?/m1/s1. The molecule has 1 unspecified atom stereocenters. The third kappa shape index (κ3) is 2.50. The molecule has 0 amide bonds. The molecule has 3 heteroatoms. The molecule has 0 aromatic carbocycles. The first-order valence-electron chi connectivity index (χ1n) is 4.44. The third-order valence-corrected chi connectivity index (χ3v) is 2.18. The first-order chi connectivity index (χ1) is 6.15. The summed E-state index contributed by atoms with van der Waals surface area (Å²) in [6, 6.07) is 3.71. The molecule has 3 N–H and O–H groups in total. The summed E-state index contributed by atoms with van der Waals surface area (Å²) in [5.41, 5.74) is 7.83. The van der Waals surface area contributed by atoms with Crippen molar-refractivity contribution in [3.63, 3.8) is 0 Å². The Kier molecular flexibility index (Phi) is 3.39. The Morgan fingerprint density at radius 1 is 1.54 bits per heavy atom. The van der Waals surface area contributed by atoms with Gasteiger partial charge in [0.05, 0.1) is 11.7 Å². The lowest BCUT2D eigenvalue weighted by molar-refractivity contribution is 0.216. The molecule has 1 rings (SSSR count). The van der Waals surface area contributed by atoms with E-state index in [-0.39, 0.29) is 18.6 Å². The van der Waals surface area contributed by atoms with Gasteiger partial charge in [0, 0.05) is 12.8 Å². The van der Waals surface area contributed by atoms with E-state index in [1.807, 2.05) is 26.0 Å². The largest absolute Gasteiger partial charge is 0.396 e. The molecular formula is C10H16N2O. The van der Waals surface area contributed by atoms with Crippen LogP contribution in [-0.2, 0) is 0 Å². The summed E-state index contributed by atoms with van der Waals surface area (Å²) in [6.07, 6.45) is 1.79. The van der Waals surface area contributed by atoms with E-state index in [2.05, 4.69) is 4.98 Å². The summed E-state index contributed by atoms with van der Waals surface area (Å²) in [7, 11) is 0. The number of aryl methyl sites for hydroxylation is 1. The minimum Gasteiger partial charge on any atom is -0.396 e. The van der Waals surface area contributed by atoms with E-state index in [1.165, 1.54) is 0 Å². The Morgan fingerprint density at radius 3 is 2.69 bits per heavy atom. The second kappa shape index (κ2) is 4.35. The molecule has 0 aliphatic rings. The van der Waals surface area contributed by atoms with Crippen molar-refractivity contribution in [2.75, 3.05) is 6.61 Å². The van der Waals surface area contributed by atoms with Crippen molar-refractivity contribution in [2.45, 2.75) is 19.9 Å². The third-order valence-electron chi connectivity index (χ3n) is 2.18. The first-order valence-corrected chi connectivity index (χ1v) is 4.44. The molecule has 72 valence electrons. The Hall–Kier alpha value is -0.930. The lowest BCUT2D eigenvalue weighted by Gasteiger charge is -2.16. The van der Waals surface area contributed by atoms with Gasteiger partial charge in [-0.15, -0.1) is 0 Å². The topological polar surface area (TPSA) is 59.1 Å². The molecule has 1 aromatic heterocycles. The number of hydrogen-bond donors (Lipinski definition) is 2. The second-order valence-corrected chi connectivity index (χ2v) is 3.45. The second-order valence-electron chi connectivity index (χ2n) is 3.45. The maximum absolute atomic E-state index is 8.91. The van der Waals surface area contributed by atoms with Crippen LogP contribution < -0.4 is 5.73 Å². The lowest BCUT2D eigenvalue weighted by atomic mass is 10.0. The molecule has 13 heavy (non-hydrogen) atoms. The van der Waals surface area contributed by atoms with E-state index in [4.69, 9.17) is 10.8 Å². The fourth-order valence-corrected chi connectivity index (χ4v) is 1.08. The van der Waals surface area contributed by atoms with E-state index >= 15 is 0 Å². The molecule has 1 heterocycles. The van der Waals surface area contributed by atoms with Crippen molar-refractivity contribution in [2.24, 2.45) is 11.7 Å². The van der Waals surface area contributed by atoms with E-state index in [0.717, 1.165) is 11.3 Å². The van der Waals surface area contributed by atoms with Gasteiger partial charge in [0.25, 0.3) is 0 Å². The van der Waals surface area contributed by atoms with Crippen LogP contribution in [0.2, 0.25) is 0 Å². The highest BCUT2D eigenvalue weighted by molar-refractivity contribution is 5.15. The van der Waals surface area contributed by atoms with Crippen LogP contribution in [0.25, 0.3) is 0 Å². The maximum Gasteiger partial charge on any atom is 0.0574 e. The maximum atomic E-state index is 8.91. The summed E-state index contributed by atoms with van der Waals surface area (Å²) < 4.78 is 0. The van der Waals surface area contributed by atoms with Crippen molar-refractivity contribution in [3.8, 4) is 0 Å². The normalized spacial score (nSPS) is 15.4. The van der Waals surface area contributed by atoms with Crippen molar-refractivity contribution < 1.29 is 5.11 Å². The number of nitrogens with two attached hydrogens (primary N) is 1. The van der Waals surface area contributed by atoms with Gasteiger partial charge in [0.1, 0.15) is 0 Å². The Bertz CT molecular complexity index is 258. The molecule has 3 nitrogen and oxygen atoms in total. The summed E-state index contributed by atoms with van der Waals surface area (Å²) in [5.74, 6) is 0.0511. The minimum absolute atomic E-state index is 0.0511. The number of aliphatic hydroxyl groups excluding tert-OH is 1. The van der Waals surface area contributed by atoms with Crippen LogP contribution in [0, 0.1) is 12.8 Å². The molecule has 0 saturated heterocycles. The molecule has 0 bridgehead atoms. The fourth-order valence-electron chi connectivity index (χ4n) is 1.08. The monoisotopic (exact) mass is 180 g/mol. The van der Waals surface area contributed by atoms with Gasteiger partial charge in [-0.25, -0.2) is 0 Å². The molecule has 0 aliphatic heterocycles. The van der Waals surface area contributed by atoms with Crippen molar-refractivity contribution >= 4 is 0 Å². The molecule has 0 fully saturated rings. The van der Waals surface area contributed by atoms with Gasteiger partial charge in [-0.1, -0.05) is 13.0 Å². The fraction of sp³-hybridized carbons (Fsp3) is 0.500. The number of pyridine rings is 1. The molecule has 0 saturated carbocycles. The zero-order chi connectivity index (χ0) is 9.84. The van der Waals surface area contributed by atoms with Crippen LogP contribution in [0.3, 0.4) is 0 Å². The summed E-state index contributed by atoms with van der Waals surface area (Å²) >= 11 is 0. The van der Waals surface area contributed by atoms with Gasteiger partial charge in [0.2, 0.25) is 0 Å². The van der Waals surface area contributed by atoms with Crippen molar-refractivity contribution in [3.05, 3.63) is 29.6 Å². The van der Waals surface area contributed by atoms with Gasteiger partial charge in [0.15, 0.2) is 0 Å². The average Bonchev–Trinajstić information content (AvgIpc) is 2.17. The van der Waals surface area contributed by atoms with Gasteiger partial charge in [-0.2, -0.15) is 0 Å². The number of hydrogen-bond acceptors (Lipinski definition) is 3. The number of aliphatic hydroxyl groups is 1. The van der Waals surface area contributed by atoms with E-state index in [1.54, 1.807) is 6.20 Å². The van der Waals surface area contributed by atoms with Gasteiger partial charge in [-0.3, -0.25) is 4.98 Å². The van der Waals surface area contributed by atoms with E-state index < -0.39 is 0 Å². The zero-order valence-electron chi connectivity index (χ0n) is 8.07. The molecule has 0 radical (unpaired) electrons. The van der Waals surface area contributed by atoms with Crippen LogP contribution in [-0.4, -0.2) is 16.7 Å². The van der Waals surface area contributed by atoms with Crippen LogP contribution >= 0.6 is 0 Å². The summed E-state index contributed by atoms with van der Waals surface area (Å²) in [5, 5.41) is 8.91. The van der Waals surface area contributed by atoms with Crippen LogP contribution in [0.1, 0.15) is 24.2 Å². The number of aromatic nitrogens is 1. The smallest absolute Gasteiger partial charge is 0.0574 e. The van der Waals surface area contributed by atoms with Crippen molar-refractivity contribution in [1.29, 1.82) is 0 Å². The van der Waals surface area contributed by atoms with E-state index in [0.29, 0.717) is 0 Å². The highest BCUT2D eigenvalue weighted by Crippen LogP contribution is 2.16. The highest BCUT2D eigenvalue weighted by Gasteiger charge is 2.14. The quantitative estimate of drug-likeness (QED) is 0.730. The zero-order valence-corrected chi connectivity index (χ0v) is 8.07. The summed E-state index contributed by atoms with van der Waals surface area (Å²) in [6.45, 7) is 3.99. The number of nitrogens with zero attached hydrogens (tertiary/aromatic N) is 1. The average molecular weight is 180 g/mol. The van der Waals surface area contributed by atoms with Crippen LogP contribution in [0.4, 0.5) is 0 Å². The predicted molar refractivity (Wildman–Crippen MR) is 52.2 cm³/mol. The number of rotatable bonds is 3. The molecule has 0 aliphatic carbocycles. The van der Waals surface area contributed by atoms with Crippen LogP contribution in [0.5, 0.6) is 0 Å². The van der Waals surface area contributed by atoms with Gasteiger partial charge < -0.3 is 10.8 Å². The Balaban J connectivity index is 2.77. The van der Waals surface area contributed by atoms with E-state index in [9.17, 15) is 0 Å². The molecule has 0 spiro atoms. The lowest BCUT2D eigenvalue weighted by Crippen LogP contribution is -2.22. The van der Waals surface area contributed by atoms with Gasteiger partial charge >= 0.3 is 0 Å². The Labute approximate surface area is 78.6 Å². The SMILES string of the molecule is Cc1ccc(C(N)[C@H](C)CO)nc1. The van der Waals surface area contributed by atoms with Crippen LogP contribution in [0.15, 0.2) is 18.3 Å². The van der Waals surface area contributed by atoms with Gasteiger partial charge in [-0.05, 0) is 24.5 Å². The molecule has 1 aromatic rings. The predicted octanol–water partition coefficient (Wildman–Crippen LogP) is 1.02. The van der Waals surface area contributed by atoms with Crippen molar-refractivity contribution in [1.82, 2.24) is 4.98 Å². The molecular weight excluding hydrogens is 164 g/mol.